The number of halogens is 2. The second-order valence-corrected chi connectivity index (χ2v) is 6.31. The van der Waals surface area contributed by atoms with Gasteiger partial charge in [-0.15, -0.1) is 0 Å². The molecule has 2 N–H and O–H groups in total. The molecular weight excluding hydrogens is 327 g/mol. The number of nitrogens with one attached hydrogen (secondary N) is 2. The lowest BCUT2D eigenvalue weighted by Gasteiger charge is -2.15. The van der Waals surface area contributed by atoms with Crippen molar-refractivity contribution in [3.8, 4) is 0 Å². The van der Waals surface area contributed by atoms with Crippen molar-refractivity contribution in [2.75, 3.05) is 0 Å². The molecule has 0 fully saturated rings. The normalized spacial score (nSPS) is 12.3. The van der Waals surface area contributed by atoms with Gasteiger partial charge < -0.3 is 10.3 Å². The van der Waals surface area contributed by atoms with E-state index in [-0.39, 0.29) is 24.2 Å². The number of aromatic amines is 1. The monoisotopic (exact) mass is 344 g/mol. The van der Waals surface area contributed by atoms with Gasteiger partial charge in [0.2, 0.25) is 5.91 Å². The highest BCUT2D eigenvalue weighted by molar-refractivity contribution is 6.31. The van der Waals surface area contributed by atoms with Gasteiger partial charge in [0, 0.05) is 21.6 Å². The molecule has 0 saturated heterocycles. The van der Waals surface area contributed by atoms with E-state index in [1.807, 2.05) is 32.0 Å². The van der Waals surface area contributed by atoms with E-state index >= 15 is 0 Å². The van der Waals surface area contributed by atoms with Gasteiger partial charge in [-0.05, 0) is 49.2 Å². The second kappa shape index (κ2) is 6.65. The van der Waals surface area contributed by atoms with Gasteiger partial charge in [0.1, 0.15) is 5.82 Å². The van der Waals surface area contributed by atoms with Gasteiger partial charge in [0.25, 0.3) is 0 Å². The summed E-state index contributed by atoms with van der Waals surface area (Å²) in [6.45, 7) is 3.78. The molecule has 0 aliphatic carbocycles. The van der Waals surface area contributed by atoms with Crippen LogP contribution in [0.25, 0.3) is 10.9 Å². The fourth-order valence-electron chi connectivity index (χ4n) is 2.94. The average molecular weight is 345 g/mol. The van der Waals surface area contributed by atoms with Crippen LogP contribution < -0.4 is 5.32 Å². The van der Waals surface area contributed by atoms with E-state index in [1.54, 1.807) is 12.1 Å². The van der Waals surface area contributed by atoms with E-state index < -0.39 is 0 Å². The van der Waals surface area contributed by atoms with Crippen LogP contribution in [0.2, 0.25) is 5.02 Å². The zero-order chi connectivity index (χ0) is 17.3. The number of aryl methyl sites for hydroxylation is 1. The lowest BCUT2D eigenvalue weighted by atomic mass is 10.1. The predicted molar refractivity (Wildman–Crippen MR) is 94.7 cm³/mol. The van der Waals surface area contributed by atoms with Gasteiger partial charge in [-0.1, -0.05) is 29.8 Å². The number of benzene rings is 2. The molecule has 1 unspecified atom stereocenters. The predicted octanol–water partition coefficient (Wildman–Crippen LogP) is 4.69. The fourth-order valence-corrected chi connectivity index (χ4v) is 3.24. The maximum Gasteiger partial charge on any atom is 0.224 e. The first-order valence-corrected chi connectivity index (χ1v) is 8.14. The third-order valence-corrected chi connectivity index (χ3v) is 4.51. The van der Waals surface area contributed by atoms with Crippen molar-refractivity contribution in [1.29, 1.82) is 0 Å². The van der Waals surface area contributed by atoms with Crippen LogP contribution in [0.15, 0.2) is 42.5 Å². The molecule has 1 heterocycles. The Hall–Kier alpha value is -2.33. The lowest BCUT2D eigenvalue weighted by Crippen LogP contribution is -2.28. The zero-order valence-electron chi connectivity index (χ0n) is 13.5. The van der Waals surface area contributed by atoms with Gasteiger partial charge in [-0.3, -0.25) is 4.79 Å². The number of hydrogen-bond acceptors (Lipinski definition) is 1. The van der Waals surface area contributed by atoms with Crippen LogP contribution in [-0.2, 0) is 11.2 Å². The topological polar surface area (TPSA) is 44.9 Å². The van der Waals surface area contributed by atoms with Crippen LogP contribution in [0.5, 0.6) is 0 Å². The Morgan fingerprint density at radius 2 is 2.04 bits per heavy atom. The first-order valence-electron chi connectivity index (χ1n) is 7.76. The number of rotatable bonds is 4. The highest BCUT2D eigenvalue weighted by Crippen LogP contribution is 2.25. The van der Waals surface area contributed by atoms with Gasteiger partial charge in [0.05, 0.1) is 12.5 Å². The average Bonchev–Trinajstić information content (AvgIpc) is 2.83. The molecule has 0 radical (unpaired) electrons. The van der Waals surface area contributed by atoms with Crippen molar-refractivity contribution in [2.45, 2.75) is 26.3 Å². The maximum atomic E-state index is 13.5. The molecule has 1 aromatic heterocycles. The number of amides is 1. The largest absolute Gasteiger partial charge is 0.358 e. The SMILES string of the molecule is Cc1[nH]c2ccc(F)cc2c1CC(=O)NC(C)c1ccccc1Cl. The summed E-state index contributed by atoms with van der Waals surface area (Å²) < 4.78 is 13.5. The molecule has 2 aromatic carbocycles. The molecule has 0 spiro atoms. The van der Waals surface area contributed by atoms with Crippen molar-refractivity contribution >= 4 is 28.4 Å². The first-order chi connectivity index (χ1) is 11.5. The Morgan fingerprint density at radius 3 is 2.79 bits per heavy atom. The summed E-state index contributed by atoms with van der Waals surface area (Å²) in [4.78, 5) is 15.6. The van der Waals surface area contributed by atoms with Crippen molar-refractivity contribution < 1.29 is 9.18 Å². The van der Waals surface area contributed by atoms with E-state index in [0.29, 0.717) is 5.02 Å². The van der Waals surface area contributed by atoms with Crippen molar-refractivity contribution in [2.24, 2.45) is 0 Å². The molecular formula is C19H18ClFN2O. The van der Waals surface area contributed by atoms with Crippen LogP contribution in [-0.4, -0.2) is 10.9 Å². The van der Waals surface area contributed by atoms with Crippen molar-refractivity contribution in [3.63, 3.8) is 0 Å². The van der Waals surface area contributed by atoms with E-state index in [4.69, 9.17) is 11.6 Å². The van der Waals surface area contributed by atoms with Gasteiger partial charge >= 0.3 is 0 Å². The Balaban J connectivity index is 1.79. The summed E-state index contributed by atoms with van der Waals surface area (Å²) in [7, 11) is 0. The van der Waals surface area contributed by atoms with E-state index in [2.05, 4.69) is 10.3 Å². The quantitative estimate of drug-likeness (QED) is 0.708. The summed E-state index contributed by atoms with van der Waals surface area (Å²) in [5.74, 6) is -0.441. The minimum Gasteiger partial charge on any atom is -0.358 e. The molecule has 5 heteroatoms. The van der Waals surface area contributed by atoms with E-state index in [0.717, 1.165) is 27.7 Å². The van der Waals surface area contributed by atoms with Crippen LogP contribution in [0.4, 0.5) is 4.39 Å². The number of fused-ring (bicyclic) bond motifs is 1. The first kappa shape index (κ1) is 16.5. The molecule has 0 saturated carbocycles. The van der Waals surface area contributed by atoms with Gasteiger partial charge in [0.15, 0.2) is 0 Å². The number of carbonyl (C=O) groups excluding carboxylic acids is 1. The van der Waals surface area contributed by atoms with Crippen LogP contribution in [0, 0.1) is 12.7 Å². The highest BCUT2D eigenvalue weighted by atomic mass is 35.5. The third kappa shape index (κ3) is 3.29. The lowest BCUT2D eigenvalue weighted by molar-refractivity contribution is -0.121. The Bertz CT molecular complexity index is 904. The summed E-state index contributed by atoms with van der Waals surface area (Å²) in [5, 5.41) is 4.32. The fraction of sp³-hybridized carbons (Fsp3) is 0.211. The molecule has 24 heavy (non-hydrogen) atoms. The van der Waals surface area contributed by atoms with E-state index in [9.17, 15) is 9.18 Å². The Kier molecular flexibility index (Phi) is 4.58. The molecule has 0 aliphatic heterocycles. The third-order valence-electron chi connectivity index (χ3n) is 4.17. The molecule has 124 valence electrons. The number of hydrogen-bond donors (Lipinski definition) is 2. The molecule has 3 nitrogen and oxygen atoms in total. The molecule has 1 amide bonds. The highest BCUT2D eigenvalue weighted by Gasteiger charge is 2.16. The molecule has 3 rings (SSSR count). The minimum absolute atomic E-state index is 0.129. The van der Waals surface area contributed by atoms with Crippen molar-refractivity contribution in [1.82, 2.24) is 10.3 Å². The van der Waals surface area contributed by atoms with Crippen LogP contribution >= 0.6 is 11.6 Å². The molecule has 3 aromatic rings. The van der Waals surface area contributed by atoms with E-state index in [1.165, 1.54) is 12.1 Å². The standard InChI is InChI=1S/C19H18ClFN2O/c1-11(14-5-3-4-6-17(14)20)23-19(24)10-15-12(2)22-18-8-7-13(21)9-16(15)18/h3-9,11,22H,10H2,1-2H3,(H,23,24). The molecule has 0 bridgehead atoms. The summed E-state index contributed by atoms with van der Waals surface area (Å²) in [6.07, 6.45) is 0.185. The maximum absolute atomic E-state index is 13.5. The Morgan fingerprint density at radius 1 is 1.29 bits per heavy atom. The Labute approximate surface area is 144 Å². The number of aromatic nitrogens is 1. The summed E-state index contributed by atoms with van der Waals surface area (Å²) >= 11 is 6.17. The van der Waals surface area contributed by atoms with Crippen molar-refractivity contribution in [3.05, 3.63) is 70.1 Å². The molecule has 0 aliphatic rings. The van der Waals surface area contributed by atoms with Crippen LogP contribution in [0.3, 0.4) is 0 Å². The summed E-state index contributed by atoms with van der Waals surface area (Å²) in [5.41, 5.74) is 3.38. The van der Waals surface area contributed by atoms with Gasteiger partial charge in [-0.25, -0.2) is 4.39 Å². The van der Waals surface area contributed by atoms with Crippen LogP contribution in [0.1, 0.15) is 29.8 Å². The zero-order valence-corrected chi connectivity index (χ0v) is 14.2. The minimum atomic E-state index is -0.312. The molecule has 1 atom stereocenters. The second-order valence-electron chi connectivity index (χ2n) is 5.91. The number of H-pyrrole nitrogens is 1. The summed E-state index contributed by atoms with van der Waals surface area (Å²) in [6, 6.07) is 11.8. The number of carbonyl (C=O) groups is 1. The smallest absolute Gasteiger partial charge is 0.224 e. The van der Waals surface area contributed by atoms with Gasteiger partial charge in [-0.2, -0.15) is 0 Å².